The van der Waals surface area contributed by atoms with E-state index in [1.807, 2.05) is 65.5 Å². The van der Waals surface area contributed by atoms with Crippen LogP contribution < -0.4 is 0 Å². The maximum Gasteiger partial charge on any atom is 0.124 e. The molecule has 4 heteroatoms. The number of hydrogen-bond acceptors (Lipinski definition) is 2. The summed E-state index contributed by atoms with van der Waals surface area (Å²) in [6.07, 6.45) is 8.09. The minimum Gasteiger partial charge on any atom is -0.507 e. The van der Waals surface area contributed by atoms with Gasteiger partial charge in [-0.3, -0.25) is 5.10 Å². The molecule has 130 valence electrons. The maximum atomic E-state index is 10.1. The number of para-hydroxylation sites is 2. The molecule has 0 atom stereocenters. The van der Waals surface area contributed by atoms with Crippen LogP contribution in [0.3, 0.4) is 0 Å². The SMILES string of the molecule is Oc1cccc2cn(-c3ccccc3/C=C/c3n[nH]c4ccccc34)cc12. The Morgan fingerprint density at radius 3 is 2.59 bits per heavy atom. The van der Waals surface area contributed by atoms with Crippen molar-refractivity contribution in [2.75, 3.05) is 0 Å². The number of fused-ring (bicyclic) bond motifs is 2. The van der Waals surface area contributed by atoms with Gasteiger partial charge < -0.3 is 9.67 Å². The van der Waals surface area contributed by atoms with Gasteiger partial charge in [0.05, 0.1) is 16.9 Å². The molecule has 0 unspecified atom stereocenters. The highest BCUT2D eigenvalue weighted by Crippen LogP contribution is 2.28. The number of nitrogens with zero attached hydrogens (tertiary/aromatic N) is 2. The summed E-state index contributed by atoms with van der Waals surface area (Å²) >= 11 is 0. The van der Waals surface area contributed by atoms with E-state index in [4.69, 9.17) is 0 Å². The van der Waals surface area contributed by atoms with Gasteiger partial charge in [-0.1, -0.05) is 54.6 Å². The zero-order valence-corrected chi connectivity index (χ0v) is 14.5. The Balaban J connectivity index is 1.59. The van der Waals surface area contributed by atoms with Crippen LogP contribution in [0.2, 0.25) is 0 Å². The largest absolute Gasteiger partial charge is 0.507 e. The summed E-state index contributed by atoms with van der Waals surface area (Å²) in [5.41, 5.74) is 4.06. The number of nitrogens with one attached hydrogen (secondary N) is 1. The summed E-state index contributed by atoms with van der Waals surface area (Å²) in [6, 6.07) is 21.8. The predicted molar refractivity (Wildman–Crippen MR) is 110 cm³/mol. The zero-order chi connectivity index (χ0) is 18.2. The topological polar surface area (TPSA) is 53.8 Å². The minimum atomic E-state index is 0.294. The van der Waals surface area contributed by atoms with Gasteiger partial charge in [-0.2, -0.15) is 5.10 Å². The minimum absolute atomic E-state index is 0.294. The van der Waals surface area contributed by atoms with Crippen molar-refractivity contribution in [3.05, 3.63) is 90.4 Å². The first kappa shape index (κ1) is 15.5. The first-order valence-corrected chi connectivity index (χ1v) is 8.80. The third kappa shape index (κ3) is 2.68. The van der Waals surface area contributed by atoms with Crippen molar-refractivity contribution >= 4 is 33.8 Å². The summed E-state index contributed by atoms with van der Waals surface area (Å²) in [7, 11) is 0. The van der Waals surface area contributed by atoms with E-state index in [0.717, 1.165) is 38.6 Å². The Kier molecular flexibility index (Phi) is 3.54. The first-order valence-electron chi connectivity index (χ1n) is 8.80. The second-order valence-corrected chi connectivity index (χ2v) is 6.49. The Bertz CT molecular complexity index is 1290. The van der Waals surface area contributed by atoms with Gasteiger partial charge in [0.15, 0.2) is 0 Å². The van der Waals surface area contributed by atoms with Crippen LogP contribution in [0.1, 0.15) is 11.3 Å². The number of phenolic OH excluding ortho intramolecular Hbond substituents is 1. The van der Waals surface area contributed by atoms with Crippen LogP contribution in [0, 0.1) is 0 Å². The van der Waals surface area contributed by atoms with E-state index in [9.17, 15) is 5.11 Å². The number of rotatable bonds is 3. The fourth-order valence-electron chi connectivity index (χ4n) is 3.43. The number of phenols is 1. The molecule has 0 aliphatic rings. The van der Waals surface area contributed by atoms with E-state index in [2.05, 4.69) is 34.5 Å². The molecule has 4 nitrogen and oxygen atoms in total. The molecule has 0 aliphatic heterocycles. The van der Waals surface area contributed by atoms with Gasteiger partial charge in [0.1, 0.15) is 5.75 Å². The molecular weight excluding hydrogens is 334 g/mol. The van der Waals surface area contributed by atoms with Crippen LogP contribution in [-0.2, 0) is 0 Å². The summed E-state index contributed by atoms with van der Waals surface area (Å²) in [6.45, 7) is 0. The van der Waals surface area contributed by atoms with Crippen molar-refractivity contribution in [3.8, 4) is 11.4 Å². The van der Waals surface area contributed by atoms with Crippen molar-refractivity contribution in [3.63, 3.8) is 0 Å². The molecule has 5 rings (SSSR count). The van der Waals surface area contributed by atoms with Gasteiger partial charge in [-0.25, -0.2) is 0 Å². The van der Waals surface area contributed by atoms with Gasteiger partial charge in [0.2, 0.25) is 0 Å². The Morgan fingerprint density at radius 2 is 1.67 bits per heavy atom. The van der Waals surface area contributed by atoms with Gasteiger partial charge in [0, 0.05) is 28.6 Å². The van der Waals surface area contributed by atoms with Crippen molar-refractivity contribution in [2.45, 2.75) is 0 Å². The Morgan fingerprint density at radius 1 is 0.815 bits per heavy atom. The molecule has 0 spiro atoms. The van der Waals surface area contributed by atoms with E-state index in [0.29, 0.717) is 5.75 Å². The molecule has 0 bridgehead atoms. The van der Waals surface area contributed by atoms with Crippen LogP contribution in [-0.4, -0.2) is 19.9 Å². The van der Waals surface area contributed by atoms with Crippen LogP contribution in [0.4, 0.5) is 0 Å². The number of H-pyrrole nitrogens is 1. The number of aromatic amines is 1. The van der Waals surface area contributed by atoms with E-state index >= 15 is 0 Å². The molecule has 0 amide bonds. The lowest BCUT2D eigenvalue weighted by Gasteiger charge is -2.07. The predicted octanol–water partition coefficient (Wildman–Crippen LogP) is 5.38. The molecule has 3 aromatic carbocycles. The molecule has 0 radical (unpaired) electrons. The fraction of sp³-hybridized carbons (Fsp3) is 0. The molecule has 2 aromatic heterocycles. The Labute approximate surface area is 156 Å². The van der Waals surface area contributed by atoms with Crippen LogP contribution >= 0.6 is 0 Å². The molecule has 2 N–H and O–H groups in total. The van der Waals surface area contributed by atoms with Crippen LogP contribution in [0.15, 0.2) is 79.1 Å². The zero-order valence-electron chi connectivity index (χ0n) is 14.5. The van der Waals surface area contributed by atoms with Crippen LogP contribution in [0.5, 0.6) is 5.75 Å². The lowest BCUT2D eigenvalue weighted by Crippen LogP contribution is -1.92. The van der Waals surface area contributed by atoms with E-state index in [1.54, 1.807) is 6.07 Å². The summed E-state index contributed by atoms with van der Waals surface area (Å²) in [5.74, 6) is 0.294. The fourth-order valence-corrected chi connectivity index (χ4v) is 3.43. The average molecular weight is 351 g/mol. The van der Waals surface area contributed by atoms with Crippen molar-refractivity contribution in [1.29, 1.82) is 0 Å². The summed E-state index contributed by atoms with van der Waals surface area (Å²) < 4.78 is 2.05. The van der Waals surface area contributed by atoms with E-state index in [1.165, 1.54) is 0 Å². The molecule has 27 heavy (non-hydrogen) atoms. The standard InChI is InChI=1S/C23H17N3O/c27-23-11-5-7-17-14-26(15-19(17)23)22-10-4-1-6-16(22)12-13-21-18-8-2-3-9-20(18)24-25-21/h1-15,27H,(H,24,25)/b13-12+. The van der Waals surface area contributed by atoms with Gasteiger partial charge in [-0.15, -0.1) is 0 Å². The summed E-state index contributed by atoms with van der Waals surface area (Å²) in [4.78, 5) is 0. The lowest BCUT2D eigenvalue weighted by molar-refractivity contribution is 0.481. The number of benzene rings is 3. The molecule has 0 saturated heterocycles. The van der Waals surface area contributed by atoms with Crippen molar-refractivity contribution < 1.29 is 5.11 Å². The molecule has 0 fully saturated rings. The van der Waals surface area contributed by atoms with Crippen molar-refractivity contribution in [2.24, 2.45) is 0 Å². The first-order chi connectivity index (χ1) is 13.3. The second kappa shape index (κ2) is 6.18. The number of aromatic hydroxyl groups is 1. The summed E-state index contributed by atoms with van der Waals surface area (Å²) in [5, 5.41) is 20.5. The third-order valence-electron chi connectivity index (χ3n) is 4.80. The molecule has 0 saturated carbocycles. The number of aromatic nitrogens is 3. The normalized spacial score (nSPS) is 11.7. The van der Waals surface area contributed by atoms with E-state index in [-0.39, 0.29) is 0 Å². The highest BCUT2D eigenvalue weighted by molar-refractivity contribution is 5.91. The number of hydrogen-bond donors (Lipinski definition) is 2. The smallest absolute Gasteiger partial charge is 0.124 e. The molecule has 5 aromatic rings. The van der Waals surface area contributed by atoms with Gasteiger partial charge >= 0.3 is 0 Å². The quantitative estimate of drug-likeness (QED) is 0.458. The average Bonchev–Trinajstić information content (AvgIpc) is 3.32. The lowest BCUT2D eigenvalue weighted by atomic mass is 10.1. The monoisotopic (exact) mass is 351 g/mol. The van der Waals surface area contributed by atoms with Crippen LogP contribution in [0.25, 0.3) is 39.5 Å². The van der Waals surface area contributed by atoms with Crippen molar-refractivity contribution in [1.82, 2.24) is 14.8 Å². The molecular formula is C23H17N3O. The molecule has 0 aliphatic carbocycles. The second-order valence-electron chi connectivity index (χ2n) is 6.49. The maximum absolute atomic E-state index is 10.1. The van der Waals surface area contributed by atoms with E-state index < -0.39 is 0 Å². The highest BCUT2D eigenvalue weighted by atomic mass is 16.3. The van der Waals surface area contributed by atoms with Gasteiger partial charge in [-0.05, 0) is 29.8 Å². The highest BCUT2D eigenvalue weighted by Gasteiger charge is 2.07. The Hall–Kier alpha value is -3.79. The van der Waals surface area contributed by atoms with Gasteiger partial charge in [0.25, 0.3) is 0 Å². The molecule has 2 heterocycles. The third-order valence-corrected chi connectivity index (χ3v) is 4.80.